The third kappa shape index (κ3) is 9.88. The Morgan fingerprint density at radius 1 is 0.909 bits per heavy atom. The van der Waals surface area contributed by atoms with E-state index in [1.165, 1.54) is 0 Å². The van der Waals surface area contributed by atoms with E-state index in [-0.39, 0.29) is 0 Å². The predicted octanol–water partition coefficient (Wildman–Crippen LogP) is 2.04. The Morgan fingerprint density at radius 3 is 1.73 bits per heavy atom. The maximum absolute atomic E-state index is 4.95. The van der Waals surface area contributed by atoms with Crippen molar-refractivity contribution in [3.05, 3.63) is 0 Å². The molecule has 0 fully saturated rings. The van der Waals surface area contributed by atoms with Crippen molar-refractivity contribution < 1.29 is 9.68 Å². The third-order valence-corrected chi connectivity index (χ3v) is 1.32. The highest BCUT2D eigenvalue weighted by Gasteiger charge is 1.86. The van der Waals surface area contributed by atoms with E-state index < -0.39 is 0 Å². The zero-order valence-corrected chi connectivity index (χ0v) is 7.56. The molecule has 0 bridgehead atoms. The van der Waals surface area contributed by atoms with Gasteiger partial charge < -0.3 is 0 Å². The Morgan fingerprint density at radius 2 is 1.36 bits per heavy atom. The number of nitrogens with one attached hydrogen (secondary N) is 1. The summed E-state index contributed by atoms with van der Waals surface area (Å²) in [6, 6.07) is 0. The van der Waals surface area contributed by atoms with Gasteiger partial charge in [-0.1, -0.05) is 32.3 Å². The van der Waals surface area contributed by atoms with Crippen LogP contribution in [0.1, 0.15) is 39.5 Å². The van der Waals surface area contributed by atoms with Gasteiger partial charge in [0.25, 0.3) is 0 Å². The molecule has 0 aliphatic rings. The van der Waals surface area contributed by atoms with Gasteiger partial charge in [-0.2, -0.15) is 0 Å². The molecule has 0 amide bonds. The molecule has 0 saturated carbocycles. The monoisotopic (exact) mass is 161 g/mol. The lowest BCUT2D eigenvalue weighted by Gasteiger charge is -2.04. The molecule has 0 heterocycles. The van der Waals surface area contributed by atoms with Gasteiger partial charge in [-0.15, -0.1) is 0 Å². The Bertz CT molecular complexity index is 61.1. The first-order valence-corrected chi connectivity index (χ1v) is 4.40. The molecule has 1 N–H and O–H groups in total. The van der Waals surface area contributed by atoms with Crippen molar-refractivity contribution in [3.8, 4) is 0 Å². The van der Waals surface area contributed by atoms with E-state index in [9.17, 15) is 0 Å². The Balaban J connectivity index is 2.69. The van der Waals surface area contributed by atoms with Gasteiger partial charge in [0.15, 0.2) is 0 Å². The lowest BCUT2D eigenvalue weighted by molar-refractivity contribution is -0.171. The maximum Gasteiger partial charge on any atom is 0.0709 e. The summed E-state index contributed by atoms with van der Waals surface area (Å²) in [5, 5.41) is 0. The predicted molar refractivity (Wildman–Crippen MR) is 44.9 cm³/mol. The fourth-order valence-corrected chi connectivity index (χ4v) is 0.558. The normalized spacial score (nSPS) is 10.4. The van der Waals surface area contributed by atoms with Crippen LogP contribution in [-0.2, 0) is 9.68 Å². The summed E-state index contributed by atoms with van der Waals surface area (Å²) in [4.78, 5) is 9.90. The second kappa shape index (κ2) is 9.88. The first-order valence-electron chi connectivity index (χ1n) is 4.40. The lowest BCUT2D eigenvalue weighted by Crippen LogP contribution is -2.16. The van der Waals surface area contributed by atoms with Crippen LogP contribution in [0.2, 0.25) is 0 Å². The molecule has 0 aromatic carbocycles. The molecule has 3 heteroatoms. The summed E-state index contributed by atoms with van der Waals surface area (Å²) in [5.74, 6) is 0. The van der Waals surface area contributed by atoms with E-state index in [0.29, 0.717) is 0 Å². The van der Waals surface area contributed by atoms with E-state index >= 15 is 0 Å². The van der Waals surface area contributed by atoms with Crippen molar-refractivity contribution in [3.63, 3.8) is 0 Å². The standard InChI is InChI=1S/C8H19NO2/c1-3-5-7-10-9-11-8-6-4-2/h9H,3-8H2,1-2H3. The van der Waals surface area contributed by atoms with Gasteiger partial charge in [0.2, 0.25) is 0 Å². The van der Waals surface area contributed by atoms with Gasteiger partial charge in [0.1, 0.15) is 0 Å². The lowest BCUT2D eigenvalue weighted by atomic mass is 10.4. The van der Waals surface area contributed by atoms with Crippen LogP contribution in [0.3, 0.4) is 0 Å². The summed E-state index contributed by atoms with van der Waals surface area (Å²) in [7, 11) is 0. The van der Waals surface area contributed by atoms with Gasteiger partial charge in [0.05, 0.1) is 13.2 Å². The van der Waals surface area contributed by atoms with Crippen molar-refractivity contribution in [2.75, 3.05) is 13.2 Å². The fraction of sp³-hybridized carbons (Fsp3) is 1.00. The molecule has 0 spiro atoms. The van der Waals surface area contributed by atoms with E-state index in [0.717, 1.165) is 38.9 Å². The van der Waals surface area contributed by atoms with Crippen LogP contribution in [-0.4, -0.2) is 13.2 Å². The molecule has 0 aromatic heterocycles. The quantitative estimate of drug-likeness (QED) is 0.436. The molecule has 3 nitrogen and oxygen atoms in total. The highest BCUT2D eigenvalue weighted by atomic mass is 16.9. The highest BCUT2D eigenvalue weighted by molar-refractivity contribution is 4.28. The Labute approximate surface area is 69.0 Å². The van der Waals surface area contributed by atoms with Gasteiger partial charge in [0, 0.05) is 0 Å². The van der Waals surface area contributed by atoms with Gasteiger partial charge in [-0.25, -0.2) is 0 Å². The Hall–Kier alpha value is -0.120. The minimum Gasteiger partial charge on any atom is -0.277 e. The molecule has 68 valence electrons. The molecule has 0 saturated heterocycles. The number of hydrogen-bond donors (Lipinski definition) is 1. The second-order valence-electron chi connectivity index (χ2n) is 2.49. The number of unbranched alkanes of at least 4 members (excludes halogenated alkanes) is 2. The van der Waals surface area contributed by atoms with Crippen LogP contribution < -0.4 is 5.64 Å². The molecular formula is C8H19NO2. The smallest absolute Gasteiger partial charge is 0.0709 e. The summed E-state index contributed by atoms with van der Waals surface area (Å²) in [6.07, 6.45) is 4.45. The van der Waals surface area contributed by atoms with Crippen LogP contribution in [0, 0.1) is 0 Å². The van der Waals surface area contributed by atoms with Gasteiger partial charge >= 0.3 is 0 Å². The molecular weight excluding hydrogens is 142 g/mol. The van der Waals surface area contributed by atoms with E-state index in [1.807, 2.05) is 0 Å². The Kier molecular flexibility index (Phi) is 9.77. The molecule has 0 unspecified atom stereocenters. The maximum atomic E-state index is 4.95. The summed E-state index contributed by atoms with van der Waals surface area (Å²) < 4.78 is 0. The van der Waals surface area contributed by atoms with Crippen molar-refractivity contribution in [2.45, 2.75) is 39.5 Å². The zero-order chi connectivity index (χ0) is 8.36. The first-order chi connectivity index (χ1) is 5.41. The molecule has 0 rings (SSSR count). The fourth-order valence-electron chi connectivity index (χ4n) is 0.558. The van der Waals surface area contributed by atoms with Crippen LogP contribution in [0.4, 0.5) is 0 Å². The summed E-state index contributed by atoms with van der Waals surface area (Å²) in [5.41, 5.74) is 2.46. The molecule has 0 atom stereocenters. The molecule has 0 radical (unpaired) electrons. The minimum absolute atomic E-state index is 0.725. The van der Waals surface area contributed by atoms with Crippen molar-refractivity contribution in [1.82, 2.24) is 5.64 Å². The first kappa shape index (κ1) is 10.9. The van der Waals surface area contributed by atoms with Crippen molar-refractivity contribution >= 4 is 0 Å². The molecule has 0 aromatic rings. The average molecular weight is 161 g/mol. The van der Waals surface area contributed by atoms with E-state index in [4.69, 9.17) is 9.68 Å². The largest absolute Gasteiger partial charge is 0.277 e. The third-order valence-electron chi connectivity index (χ3n) is 1.32. The highest BCUT2D eigenvalue weighted by Crippen LogP contribution is 1.87. The van der Waals surface area contributed by atoms with Crippen molar-refractivity contribution in [2.24, 2.45) is 0 Å². The number of rotatable bonds is 8. The topological polar surface area (TPSA) is 30.5 Å². The van der Waals surface area contributed by atoms with Crippen LogP contribution in [0.5, 0.6) is 0 Å². The zero-order valence-electron chi connectivity index (χ0n) is 7.56. The van der Waals surface area contributed by atoms with Gasteiger partial charge in [-0.3, -0.25) is 9.68 Å². The van der Waals surface area contributed by atoms with Crippen LogP contribution in [0.25, 0.3) is 0 Å². The number of hydrogen-bond acceptors (Lipinski definition) is 3. The second-order valence-corrected chi connectivity index (χ2v) is 2.49. The van der Waals surface area contributed by atoms with E-state index in [2.05, 4.69) is 19.5 Å². The van der Waals surface area contributed by atoms with Gasteiger partial charge in [-0.05, 0) is 12.8 Å². The average Bonchev–Trinajstić information content (AvgIpc) is 2.03. The van der Waals surface area contributed by atoms with Crippen LogP contribution in [0.15, 0.2) is 0 Å². The van der Waals surface area contributed by atoms with E-state index in [1.54, 1.807) is 0 Å². The molecule has 0 aliphatic carbocycles. The van der Waals surface area contributed by atoms with Crippen LogP contribution >= 0.6 is 0 Å². The van der Waals surface area contributed by atoms with Crippen molar-refractivity contribution in [1.29, 1.82) is 0 Å². The summed E-state index contributed by atoms with van der Waals surface area (Å²) in [6.45, 7) is 5.70. The minimum atomic E-state index is 0.725. The molecule has 0 aliphatic heterocycles. The summed E-state index contributed by atoms with van der Waals surface area (Å²) >= 11 is 0. The SMILES string of the molecule is CCCCONOCCCC. The molecule has 11 heavy (non-hydrogen) atoms.